The second-order valence-electron chi connectivity index (χ2n) is 8.04. The van der Waals surface area contributed by atoms with Crippen molar-refractivity contribution in [2.24, 2.45) is 0 Å². The zero-order valence-corrected chi connectivity index (χ0v) is 19.1. The van der Waals surface area contributed by atoms with Crippen LogP contribution in [-0.4, -0.2) is 67.7 Å². The fourth-order valence-corrected chi connectivity index (χ4v) is 3.97. The van der Waals surface area contributed by atoms with Gasteiger partial charge in [-0.15, -0.1) is 0 Å². The molecule has 0 atom stereocenters. The number of rotatable bonds is 8. The molecule has 0 radical (unpaired) electrons. The molecule has 10 nitrogen and oxygen atoms in total. The highest BCUT2D eigenvalue weighted by molar-refractivity contribution is 5.98. The fourth-order valence-electron chi connectivity index (χ4n) is 3.97. The van der Waals surface area contributed by atoms with E-state index in [1.54, 1.807) is 23.2 Å². The Morgan fingerprint density at radius 2 is 1.85 bits per heavy atom. The summed E-state index contributed by atoms with van der Waals surface area (Å²) in [6, 6.07) is 9.06. The van der Waals surface area contributed by atoms with E-state index in [-0.39, 0.29) is 31.0 Å². The monoisotopic (exact) mass is 468 g/mol. The first-order valence-electron chi connectivity index (χ1n) is 11.3. The molecule has 0 saturated carbocycles. The number of methoxy groups -OCH3 is 1. The van der Waals surface area contributed by atoms with Gasteiger partial charge in [0, 0.05) is 51.8 Å². The number of amides is 2. The molecule has 0 spiro atoms. The number of anilines is 1. The Labute approximate surface area is 197 Å². The molecule has 1 aromatic heterocycles. The van der Waals surface area contributed by atoms with Crippen molar-refractivity contribution < 1.29 is 28.6 Å². The number of nitrogens with one attached hydrogen (secondary N) is 1. The van der Waals surface area contributed by atoms with Crippen molar-refractivity contribution in [2.45, 2.75) is 25.8 Å². The molecule has 1 saturated heterocycles. The molecule has 10 heteroatoms. The summed E-state index contributed by atoms with van der Waals surface area (Å²) in [6.45, 7) is 2.76. The van der Waals surface area contributed by atoms with E-state index in [2.05, 4.69) is 15.0 Å². The number of esters is 1. The van der Waals surface area contributed by atoms with E-state index in [0.717, 1.165) is 5.56 Å². The maximum Gasteiger partial charge on any atom is 0.305 e. The Balaban J connectivity index is 1.31. The number of hydrogen-bond donors (Lipinski definition) is 1. The zero-order chi connectivity index (χ0) is 23.9. The lowest BCUT2D eigenvalue weighted by atomic mass is 10.1. The Hall–Kier alpha value is -3.82. The summed E-state index contributed by atoms with van der Waals surface area (Å²) >= 11 is 0. The van der Waals surface area contributed by atoms with Crippen LogP contribution in [0.3, 0.4) is 0 Å². The van der Waals surface area contributed by atoms with Crippen molar-refractivity contribution in [1.29, 1.82) is 0 Å². The molecule has 34 heavy (non-hydrogen) atoms. The van der Waals surface area contributed by atoms with Gasteiger partial charge < -0.3 is 29.3 Å². The van der Waals surface area contributed by atoms with Crippen LogP contribution >= 0.6 is 0 Å². The molecule has 4 rings (SSSR count). The maximum atomic E-state index is 12.9. The standard InChI is InChI=1S/C24H28N4O6/c1-32-22(30)6-2-5-21(29)27-10-12-28(13-11-27)23-18(4-3-9-25-23)24(31)26-15-17-7-8-19-20(14-17)34-16-33-19/h3-4,7-9,14H,2,5-6,10-13,15-16H2,1H3,(H,26,31). The van der Waals surface area contributed by atoms with Gasteiger partial charge in [-0.05, 0) is 36.2 Å². The van der Waals surface area contributed by atoms with Gasteiger partial charge in [-0.1, -0.05) is 6.07 Å². The molecule has 0 bridgehead atoms. The third kappa shape index (κ3) is 5.56. The first kappa shape index (κ1) is 23.3. The number of piperazine rings is 1. The predicted octanol–water partition coefficient (Wildman–Crippen LogP) is 1.73. The Bertz CT molecular complexity index is 1050. The third-order valence-corrected chi connectivity index (χ3v) is 5.85. The first-order valence-corrected chi connectivity index (χ1v) is 11.3. The summed E-state index contributed by atoms with van der Waals surface area (Å²) in [5.41, 5.74) is 1.39. The number of carbonyl (C=O) groups excluding carboxylic acids is 3. The van der Waals surface area contributed by atoms with E-state index in [4.69, 9.17) is 9.47 Å². The van der Waals surface area contributed by atoms with E-state index in [0.29, 0.717) is 68.4 Å². The first-order chi connectivity index (χ1) is 16.5. The Morgan fingerprint density at radius 3 is 2.65 bits per heavy atom. The highest BCUT2D eigenvalue weighted by Gasteiger charge is 2.25. The summed E-state index contributed by atoms with van der Waals surface area (Å²) in [7, 11) is 1.34. The van der Waals surface area contributed by atoms with Crippen LogP contribution in [0.15, 0.2) is 36.5 Å². The molecular formula is C24H28N4O6. The number of benzene rings is 1. The SMILES string of the molecule is COC(=O)CCCC(=O)N1CCN(c2ncccc2C(=O)NCc2ccc3c(c2)OCO3)CC1. The molecular weight excluding hydrogens is 440 g/mol. The van der Waals surface area contributed by atoms with Crippen molar-refractivity contribution >= 4 is 23.6 Å². The fraction of sp³-hybridized carbons (Fsp3) is 0.417. The number of carbonyl (C=O) groups is 3. The van der Waals surface area contributed by atoms with Gasteiger partial charge in [0.25, 0.3) is 5.91 Å². The number of fused-ring (bicyclic) bond motifs is 1. The van der Waals surface area contributed by atoms with Crippen molar-refractivity contribution in [3.8, 4) is 11.5 Å². The molecule has 180 valence electrons. The van der Waals surface area contributed by atoms with Gasteiger partial charge in [-0.2, -0.15) is 0 Å². The van der Waals surface area contributed by atoms with E-state index >= 15 is 0 Å². The number of hydrogen-bond acceptors (Lipinski definition) is 8. The highest BCUT2D eigenvalue weighted by atomic mass is 16.7. The molecule has 0 unspecified atom stereocenters. The van der Waals surface area contributed by atoms with Gasteiger partial charge in [0.15, 0.2) is 11.5 Å². The highest BCUT2D eigenvalue weighted by Crippen LogP contribution is 2.32. The van der Waals surface area contributed by atoms with Gasteiger partial charge in [0.1, 0.15) is 5.82 Å². The topological polar surface area (TPSA) is 110 Å². The van der Waals surface area contributed by atoms with Gasteiger partial charge >= 0.3 is 5.97 Å². The largest absolute Gasteiger partial charge is 0.469 e. The molecule has 1 N–H and O–H groups in total. The van der Waals surface area contributed by atoms with Crippen LogP contribution in [0.1, 0.15) is 35.2 Å². The molecule has 1 aromatic carbocycles. The summed E-state index contributed by atoms with van der Waals surface area (Å²) in [5, 5.41) is 2.95. The van der Waals surface area contributed by atoms with Crippen LogP contribution in [0.4, 0.5) is 5.82 Å². The van der Waals surface area contributed by atoms with Gasteiger partial charge in [-0.3, -0.25) is 14.4 Å². The molecule has 2 aliphatic rings. The maximum absolute atomic E-state index is 12.9. The molecule has 0 aliphatic carbocycles. The number of aromatic nitrogens is 1. The van der Waals surface area contributed by atoms with Gasteiger partial charge in [0.05, 0.1) is 12.7 Å². The van der Waals surface area contributed by atoms with Crippen molar-refractivity contribution in [1.82, 2.24) is 15.2 Å². The predicted molar refractivity (Wildman–Crippen MR) is 123 cm³/mol. The second kappa shape index (κ2) is 10.9. The van der Waals surface area contributed by atoms with Crippen LogP contribution in [0, 0.1) is 0 Å². The summed E-state index contributed by atoms with van der Waals surface area (Å²) in [4.78, 5) is 44.9. The van der Waals surface area contributed by atoms with Crippen LogP contribution in [0.5, 0.6) is 11.5 Å². The average molecular weight is 469 g/mol. The van der Waals surface area contributed by atoms with Crippen LogP contribution in [0.2, 0.25) is 0 Å². The minimum Gasteiger partial charge on any atom is -0.469 e. The molecule has 2 aliphatic heterocycles. The van der Waals surface area contributed by atoms with Crippen molar-refractivity contribution in [3.63, 3.8) is 0 Å². The summed E-state index contributed by atoms with van der Waals surface area (Å²) in [5.74, 6) is 1.46. The van der Waals surface area contributed by atoms with E-state index < -0.39 is 0 Å². The minimum atomic E-state index is -0.308. The van der Waals surface area contributed by atoms with Crippen LogP contribution in [0.25, 0.3) is 0 Å². The van der Waals surface area contributed by atoms with Crippen molar-refractivity contribution in [2.75, 3.05) is 45.0 Å². The number of nitrogens with zero attached hydrogens (tertiary/aromatic N) is 3. The quantitative estimate of drug-likeness (QED) is 0.584. The van der Waals surface area contributed by atoms with Gasteiger partial charge in [0.2, 0.25) is 12.7 Å². The zero-order valence-electron chi connectivity index (χ0n) is 19.1. The lowest BCUT2D eigenvalue weighted by Gasteiger charge is -2.36. The smallest absolute Gasteiger partial charge is 0.305 e. The van der Waals surface area contributed by atoms with Crippen LogP contribution < -0.4 is 19.7 Å². The Morgan fingerprint density at radius 1 is 1.06 bits per heavy atom. The number of pyridine rings is 1. The minimum absolute atomic E-state index is 0.0197. The third-order valence-electron chi connectivity index (χ3n) is 5.85. The van der Waals surface area contributed by atoms with Crippen LogP contribution in [-0.2, 0) is 20.9 Å². The van der Waals surface area contributed by atoms with E-state index in [1.165, 1.54) is 7.11 Å². The summed E-state index contributed by atoms with van der Waals surface area (Å²) in [6.07, 6.45) is 2.68. The summed E-state index contributed by atoms with van der Waals surface area (Å²) < 4.78 is 15.3. The lowest BCUT2D eigenvalue weighted by molar-refractivity contribution is -0.140. The Kier molecular flexibility index (Phi) is 7.46. The number of ether oxygens (including phenoxy) is 3. The van der Waals surface area contributed by atoms with Gasteiger partial charge in [-0.25, -0.2) is 4.98 Å². The van der Waals surface area contributed by atoms with E-state index in [1.807, 2.05) is 23.1 Å². The molecule has 1 fully saturated rings. The molecule has 2 aromatic rings. The normalized spacial score (nSPS) is 14.6. The molecule has 2 amide bonds. The second-order valence-corrected chi connectivity index (χ2v) is 8.04. The van der Waals surface area contributed by atoms with Crippen molar-refractivity contribution in [3.05, 3.63) is 47.7 Å². The average Bonchev–Trinajstić information content (AvgIpc) is 3.35. The lowest BCUT2D eigenvalue weighted by Crippen LogP contribution is -2.49. The molecule has 3 heterocycles. The van der Waals surface area contributed by atoms with E-state index in [9.17, 15) is 14.4 Å².